The molecule has 1 atom stereocenters. The van der Waals surface area contributed by atoms with Gasteiger partial charge in [-0.25, -0.2) is 4.79 Å². The number of hydrogen-bond acceptors (Lipinski definition) is 2. The molecule has 0 N–H and O–H groups in total. The predicted octanol–water partition coefficient (Wildman–Crippen LogP) is 1.23. The Morgan fingerprint density at radius 3 is 2.50 bits per heavy atom. The van der Waals surface area contributed by atoms with Crippen molar-refractivity contribution < 1.29 is 4.79 Å². The summed E-state index contributed by atoms with van der Waals surface area (Å²) in [5.74, 6) is 0. The van der Waals surface area contributed by atoms with Crippen LogP contribution in [0.2, 0.25) is 0 Å². The van der Waals surface area contributed by atoms with Crippen LogP contribution in [0.5, 0.6) is 0 Å². The van der Waals surface area contributed by atoms with Crippen molar-refractivity contribution >= 4 is 6.03 Å². The number of urea groups is 1. The van der Waals surface area contributed by atoms with Gasteiger partial charge < -0.3 is 9.80 Å². The first-order valence-electron chi connectivity index (χ1n) is 6.16. The zero-order valence-electron chi connectivity index (χ0n) is 10.9. The van der Waals surface area contributed by atoms with Crippen LogP contribution in [0.4, 0.5) is 4.79 Å². The molecule has 0 aliphatic carbocycles. The van der Waals surface area contributed by atoms with Gasteiger partial charge in [0.25, 0.3) is 0 Å². The lowest BCUT2D eigenvalue weighted by atomic mass is 9.99. The van der Waals surface area contributed by atoms with E-state index >= 15 is 0 Å². The molecule has 2 heterocycles. The second kappa shape index (κ2) is 3.91. The quantitative estimate of drug-likeness (QED) is 0.620. The van der Waals surface area contributed by atoms with Gasteiger partial charge in [-0.05, 0) is 27.2 Å². The van der Waals surface area contributed by atoms with Crippen LogP contribution in [-0.4, -0.2) is 65.5 Å². The highest BCUT2D eigenvalue weighted by Crippen LogP contribution is 2.24. The predicted molar refractivity (Wildman–Crippen MR) is 64.5 cm³/mol. The highest BCUT2D eigenvalue weighted by Gasteiger charge is 2.38. The fourth-order valence-corrected chi connectivity index (χ4v) is 2.62. The zero-order valence-corrected chi connectivity index (χ0v) is 10.9. The van der Waals surface area contributed by atoms with Crippen molar-refractivity contribution in [2.24, 2.45) is 0 Å². The van der Waals surface area contributed by atoms with Crippen molar-refractivity contribution in [2.75, 3.05) is 33.2 Å². The number of nitrogens with zero attached hydrogens (tertiary/aromatic N) is 3. The summed E-state index contributed by atoms with van der Waals surface area (Å²) in [5, 5.41) is 0. The molecule has 2 amide bonds. The molecule has 2 aliphatic heterocycles. The number of hydrogen-bond donors (Lipinski definition) is 0. The van der Waals surface area contributed by atoms with E-state index in [1.165, 1.54) is 0 Å². The monoisotopic (exact) mass is 225 g/mol. The molecule has 0 spiro atoms. The molecule has 4 nitrogen and oxygen atoms in total. The molecular formula is C12H23N3O. The van der Waals surface area contributed by atoms with Crippen molar-refractivity contribution in [1.29, 1.82) is 0 Å². The summed E-state index contributed by atoms with van der Waals surface area (Å²) in [4.78, 5) is 18.3. The molecule has 92 valence electrons. The van der Waals surface area contributed by atoms with E-state index in [2.05, 4.69) is 25.7 Å². The Morgan fingerprint density at radius 2 is 1.88 bits per heavy atom. The van der Waals surface area contributed by atoms with Crippen LogP contribution >= 0.6 is 0 Å². The molecule has 0 aromatic heterocycles. The summed E-state index contributed by atoms with van der Waals surface area (Å²) in [6.45, 7) is 10.6. The van der Waals surface area contributed by atoms with E-state index < -0.39 is 0 Å². The summed E-state index contributed by atoms with van der Waals surface area (Å²) in [5.41, 5.74) is 0.221. The fourth-order valence-electron chi connectivity index (χ4n) is 2.62. The molecule has 2 fully saturated rings. The van der Waals surface area contributed by atoms with Gasteiger partial charge in [0.1, 0.15) is 0 Å². The minimum Gasteiger partial charge on any atom is -0.328 e. The van der Waals surface area contributed by atoms with E-state index in [9.17, 15) is 4.79 Å². The minimum absolute atomic E-state index is 0.213. The highest BCUT2D eigenvalue weighted by molar-refractivity contribution is 5.75. The van der Waals surface area contributed by atoms with Gasteiger partial charge in [0.2, 0.25) is 0 Å². The normalized spacial score (nSPS) is 28.2. The van der Waals surface area contributed by atoms with Crippen molar-refractivity contribution in [2.45, 2.75) is 38.8 Å². The minimum atomic E-state index is 0.213. The lowest BCUT2D eigenvalue weighted by Gasteiger charge is -2.50. The van der Waals surface area contributed by atoms with Gasteiger partial charge in [0, 0.05) is 44.8 Å². The maximum atomic E-state index is 11.9. The summed E-state index contributed by atoms with van der Waals surface area (Å²) >= 11 is 0. The van der Waals surface area contributed by atoms with Crippen molar-refractivity contribution in [3.05, 3.63) is 0 Å². The third-order valence-electron chi connectivity index (χ3n) is 3.80. The Morgan fingerprint density at radius 1 is 1.19 bits per heavy atom. The average molecular weight is 225 g/mol. The Hall–Kier alpha value is -0.770. The number of carbonyl (C=O) groups excluding carboxylic acids is 1. The fraction of sp³-hybridized carbons (Fsp3) is 0.917. The number of rotatable bonds is 0. The van der Waals surface area contributed by atoms with Crippen LogP contribution in [0.15, 0.2) is 0 Å². The van der Waals surface area contributed by atoms with Gasteiger partial charge in [-0.3, -0.25) is 4.90 Å². The van der Waals surface area contributed by atoms with Crippen LogP contribution in [0.3, 0.4) is 0 Å². The second-order valence-corrected chi connectivity index (χ2v) is 5.96. The smallest absolute Gasteiger partial charge is 0.320 e. The van der Waals surface area contributed by atoms with Gasteiger partial charge in [-0.2, -0.15) is 0 Å². The average Bonchev–Trinajstić information content (AvgIpc) is 2.22. The van der Waals surface area contributed by atoms with Gasteiger partial charge in [-0.15, -0.1) is 0 Å². The molecule has 0 saturated carbocycles. The summed E-state index contributed by atoms with van der Waals surface area (Å²) < 4.78 is 0. The van der Waals surface area contributed by atoms with Crippen LogP contribution in [0.1, 0.15) is 27.2 Å². The summed E-state index contributed by atoms with van der Waals surface area (Å²) in [6.07, 6.45) is 1.11. The standard InChI is InChI=1S/C12H23N3O/c1-12(2,3)14-7-8-15-10(9-14)5-6-13(4)11(15)16/h10H,5-9H2,1-4H3/t10-/m0/s1. The first-order chi connectivity index (χ1) is 7.39. The number of fused-ring (bicyclic) bond motifs is 1. The van der Waals surface area contributed by atoms with E-state index in [4.69, 9.17) is 0 Å². The van der Waals surface area contributed by atoms with Gasteiger partial charge >= 0.3 is 6.03 Å². The summed E-state index contributed by atoms with van der Waals surface area (Å²) in [6, 6.07) is 0.640. The lowest BCUT2D eigenvalue weighted by Crippen LogP contribution is -2.64. The molecule has 2 aliphatic rings. The first kappa shape index (κ1) is 11.7. The Kier molecular flexibility index (Phi) is 2.86. The van der Waals surface area contributed by atoms with Crippen LogP contribution in [0, 0.1) is 0 Å². The molecule has 0 aromatic carbocycles. The van der Waals surface area contributed by atoms with E-state index in [0.717, 1.165) is 32.6 Å². The number of carbonyl (C=O) groups is 1. The van der Waals surface area contributed by atoms with Crippen LogP contribution < -0.4 is 0 Å². The third kappa shape index (κ3) is 2.03. The molecule has 0 bridgehead atoms. The SMILES string of the molecule is CN1CC[C@H]2CN(C(C)(C)C)CCN2C1=O. The molecule has 0 aromatic rings. The van der Waals surface area contributed by atoms with E-state index in [0.29, 0.717) is 6.04 Å². The molecule has 2 saturated heterocycles. The van der Waals surface area contributed by atoms with Gasteiger partial charge in [-0.1, -0.05) is 0 Å². The van der Waals surface area contributed by atoms with Gasteiger partial charge in [0.05, 0.1) is 0 Å². The zero-order chi connectivity index (χ0) is 11.9. The molecule has 2 rings (SSSR count). The summed E-state index contributed by atoms with van der Waals surface area (Å²) in [7, 11) is 1.90. The van der Waals surface area contributed by atoms with Crippen molar-refractivity contribution in [1.82, 2.24) is 14.7 Å². The molecule has 0 unspecified atom stereocenters. The van der Waals surface area contributed by atoms with E-state index in [1.807, 2.05) is 16.8 Å². The van der Waals surface area contributed by atoms with Crippen LogP contribution in [0.25, 0.3) is 0 Å². The topological polar surface area (TPSA) is 26.8 Å². The lowest BCUT2D eigenvalue weighted by molar-refractivity contribution is 0.0130. The third-order valence-corrected chi connectivity index (χ3v) is 3.80. The molecule has 0 radical (unpaired) electrons. The molecular weight excluding hydrogens is 202 g/mol. The number of piperazine rings is 1. The number of amides is 2. The van der Waals surface area contributed by atoms with Crippen molar-refractivity contribution in [3.63, 3.8) is 0 Å². The van der Waals surface area contributed by atoms with E-state index in [1.54, 1.807) is 0 Å². The Balaban J connectivity index is 2.05. The first-order valence-corrected chi connectivity index (χ1v) is 6.16. The molecule has 16 heavy (non-hydrogen) atoms. The molecule has 4 heteroatoms. The Bertz CT molecular complexity index is 284. The maximum absolute atomic E-state index is 11.9. The Labute approximate surface area is 98.2 Å². The van der Waals surface area contributed by atoms with Crippen LogP contribution in [-0.2, 0) is 0 Å². The second-order valence-electron chi connectivity index (χ2n) is 5.96. The maximum Gasteiger partial charge on any atom is 0.320 e. The van der Waals surface area contributed by atoms with E-state index in [-0.39, 0.29) is 11.6 Å². The van der Waals surface area contributed by atoms with Crippen molar-refractivity contribution in [3.8, 4) is 0 Å². The highest BCUT2D eigenvalue weighted by atomic mass is 16.2. The largest absolute Gasteiger partial charge is 0.328 e. The van der Waals surface area contributed by atoms with Gasteiger partial charge in [0.15, 0.2) is 0 Å².